The maximum atomic E-state index is 12.5. The van der Waals surface area contributed by atoms with Crippen LogP contribution < -0.4 is 5.56 Å². The zero-order chi connectivity index (χ0) is 16.7. The highest BCUT2D eigenvalue weighted by Crippen LogP contribution is 2.33. The number of aromatic nitrogens is 2. The molecular weight excluding hydrogens is 344 g/mol. The first-order chi connectivity index (χ1) is 11.5. The predicted molar refractivity (Wildman–Crippen MR) is 94.2 cm³/mol. The average molecular weight is 360 g/mol. The first-order valence-corrected chi connectivity index (χ1v) is 10.3. The number of sulfone groups is 1. The summed E-state index contributed by atoms with van der Waals surface area (Å²) in [6.45, 7) is 0. The van der Waals surface area contributed by atoms with Crippen molar-refractivity contribution in [2.45, 2.75) is 36.3 Å². The molecule has 0 atom stereocenters. The Morgan fingerprint density at radius 2 is 1.88 bits per heavy atom. The lowest BCUT2D eigenvalue weighted by Crippen LogP contribution is -2.16. The lowest BCUT2D eigenvalue weighted by molar-refractivity contribution is 0.594. The number of thiophene rings is 1. The van der Waals surface area contributed by atoms with Gasteiger partial charge in [-0.15, -0.1) is 11.3 Å². The highest BCUT2D eigenvalue weighted by Gasteiger charge is 2.22. The molecule has 0 unspecified atom stereocenters. The Morgan fingerprint density at radius 1 is 1.12 bits per heavy atom. The molecule has 1 aromatic carbocycles. The zero-order valence-electron chi connectivity index (χ0n) is 12.9. The van der Waals surface area contributed by atoms with Crippen molar-refractivity contribution >= 4 is 31.4 Å². The number of benzene rings is 1. The van der Waals surface area contributed by atoms with Crippen LogP contribution in [0.25, 0.3) is 10.2 Å². The Morgan fingerprint density at radius 3 is 2.67 bits per heavy atom. The summed E-state index contributed by atoms with van der Waals surface area (Å²) >= 11 is 1.52. The fourth-order valence-electron chi connectivity index (χ4n) is 3.17. The molecule has 2 heterocycles. The maximum absolute atomic E-state index is 12.5. The van der Waals surface area contributed by atoms with Gasteiger partial charge in [-0.3, -0.25) is 4.79 Å². The second-order valence-corrected chi connectivity index (χ2v) is 9.05. The number of hydrogen-bond acceptors (Lipinski definition) is 5. The summed E-state index contributed by atoms with van der Waals surface area (Å²) in [5, 5.41) is 0.649. The Labute approximate surface area is 143 Å². The van der Waals surface area contributed by atoms with Crippen LogP contribution in [0.1, 0.15) is 29.1 Å². The Kier molecular flexibility index (Phi) is 3.77. The molecule has 24 heavy (non-hydrogen) atoms. The zero-order valence-corrected chi connectivity index (χ0v) is 14.5. The van der Waals surface area contributed by atoms with E-state index < -0.39 is 9.84 Å². The normalized spacial score (nSPS) is 14.7. The summed E-state index contributed by atoms with van der Waals surface area (Å²) in [5.74, 6) is -0.0972. The van der Waals surface area contributed by atoms with Crippen LogP contribution in [0.4, 0.5) is 0 Å². The van der Waals surface area contributed by atoms with Crippen LogP contribution in [0.5, 0.6) is 0 Å². The first kappa shape index (κ1) is 15.5. The van der Waals surface area contributed by atoms with Crippen LogP contribution in [0.15, 0.2) is 40.0 Å². The topological polar surface area (TPSA) is 79.9 Å². The van der Waals surface area contributed by atoms with Crippen molar-refractivity contribution < 1.29 is 8.42 Å². The van der Waals surface area contributed by atoms with Gasteiger partial charge in [0.15, 0.2) is 9.84 Å². The second-order valence-electron chi connectivity index (χ2n) is 5.98. The summed E-state index contributed by atoms with van der Waals surface area (Å²) in [7, 11) is -3.53. The number of rotatable bonds is 3. The highest BCUT2D eigenvalue weighted by molar-refractivity contribution is 7.90. The fraction of sp³-hybridized carbons (Fsp3) is 0.294. The van der Waals surface area contributed by atoms with Gasteiger partial charge in [0.05, 0.1) is 10.3 Å². The molecular formula is C17H16N2O3S2. The van der Waals surface area contributed by atoms with Gasteiger partial charge in [0.2, 0.25) is 0 Å². The molecule has 2 aromatic heterocycles. The largest absolute Gasteiger partial charge is 0.309 e. The molecule has 0 fully saturated rings. The number of fused-ring (bicyclic) bond motifs is 3. The third kappa shape index (κ3) is 2.67. The summed E-state index contributed by atoms with van der Waals surface area (Å²) in [4.78, 5) is 21.7. The smallest absolute Gasteiger partial charge is 0.259 e. The van der Waals surface area contributed by atoms with Gasteiger partial charge >= 0.3 is 0 Å². The molecule has 0 aliphatic heterocycles. The Balaban J connectivity index is 1.77. The van der Waals surface area contributed by atoms with Crippen LogP contribution >= 0.6 is 11.3 Å². The van der Waals surface area contributed by atoms with Gasteiger partial charge in [-0.1, -0.05) is 18.2 Å². The molecule has 0 saturated carbocycles. The first-order valence-electron chi connectivity index (χ1n) is 7.86. The van der Waals surface area contributed by atoms with Gasteiger partial charge < -0.3 is 4.98 Å². The van der Waals surface area contributed by atoms with E-state index in [9.17, 15) is 13.2 Å². The molecule has 5 nitrogen and oxygen atoms in total. The maximum Gasteiger partial charge on any atom is 0.259 e. The van der Waals surface area contributed by atoms with E-state index in [1.807, 2.05) is 0 Å². The highest BCUT2D eigenvalue weighted by atomic mass is 32.2. The van der Waals surface area contributed by atoms with Crippen LogP contribution in [0.3, 0.4) is 0 Å². The van der Waals surface area contributed by atoms with Crippen molar-refractivity contribution in [2.24, 2.45) is 0 Å². The van der Waals surface area contributed by atoms with E-state index in [-0.39, 0.29) is 22.0 Å². The molecule has 1 aliphatic carbocycles. The van der Waals surface area contributed by atoms with Gasteiger partial charge in [0, 0.05) is 4.88 Å². The van der Waals surface area contributed by atoms with Gasteiger partial charge in [-0.05, 0) is 43.4 Å². The minimum Gasteiger partial charge on any atom is -0.309 e. The SMILES string of the molecule is O=c1[nH]c(CS(=O)(=O)c2ccccc2)nc2sc3c(c12)CCCC3. The van der Waals surface area contributed by atoms with Crippen molar-refractivity contribution in [1.82, 2.24) is 9.97 Å². The van der Waals surface area contributed by atoms with Crippen LogP contribution in [0, 0.1) is 0 Å². The second kappa shape index (κ2) is 5.82. The Bertz CT molecular complexity index is 1070. The molecule has 3 aromatic rings. The van der Waals surface area contributed by atoms with E-state index in [1.165, 1.54) is 16.2 Å². The minimum absolute atomic E-state index is 0.204. The molecule has 1 aliphatic rings. The Hall–Kier alpha value is -1.99. The molecule has 0 bridgehead atoms. The van der Waals surface area contributed by atoms with E-state index >= 15 is 0 Å². The number of hydrogen-bond donors (Lipinski definition) is 1. The average Bonchev–Trinajstić information content (AvgIpc) is 2.94. The minimum atomic E-state index is -3.53. The number of nitrogens with one attached hydrogen (secondary N) is 1. The monoisotopic (exact) mass is 360 g/mol. The van der Waals surface area contributed by atoms with Crippen LogP contribution in [-0.4, -0.2) is 18.4 Å². The predicted octanol–water partition coefficient (Wildman–Crippen LogP) is 2.84. The molecule has 0 saturated heterocycles. The van der Waals surface area contributed by atoms with Crippen LogP contribution in [-0.2, 0) is 28.4 Å². The van der Waals surface area contributed by atoms with E-state index in [4.69, 9.17) is 0 Å². The van der Waals surface area contributed by atoms with Crippen molar-refractivity contribution in [3.63, 3.8) is 0 Å². The lowest BCUT2D eigenvalue weighted by Gasteiger charge is -2.09. The summed E-state index contributed by atoms with van der Waals surface area (Å²) < 4.78 is 25.0. The third-order valence-corrected chi connectivity index (χ3v) is 7.13. The van der Waals surface area contributed by atoms with Crippen molar-refractivity contribution in [1.29, 1.82) is 0 Å². The molecule has 124 valence electrons. The summed E-state index contributed by atoms with van der Waals surface area (Å²) in [6.07, 6.45) is 4.10. The van der Waals surface area contributed by atoms with Crippen molar-refractivity contribution in [3.05, 3.63) is 57.0 Å². The molecule has 0 radical (unpaired) electrons. The third-order valence-electron chi connectivity index (χ3n) is 4.30. The number of aromatic amines is 1. The van der Waals surface area contributed by atoms with Crippen LogP contribution in [0.2, 0.25) is 0 Å². The quantitative estimate of drug-likeness (QED) is 0.779. The van der Waals surface area contributed by atoms with E-state index in [2.05, 4.69) is 9.97 Å². The molecule has 4 rings (SSSR count). The number of H-pyrrole nitrogens is 1. The molecule has 7 heteroatoms. The summed E-state index contributed by atoms with van der Waals surface area (Å²) in [6, 6.07) is 8.23. The fourth-order valence-corrected chi connectivity index (χ4v) is 5.68. The van der Waals surface area contributed by atoms with Gasteiger partial charge in [-0.2, -0.15) is 0 Å². The van der Waals surface area contributed by atoms with Crippen molar-refractivity contribution in [3.8, 4) is 0 Å². The van der Waals surface area contributed by atoms with E-state index in [0.29, 0.717) is 10.2 Å². The number of aryl methyl sites for hydroxylation is 2. The number of nitrogens with zero attached hydrogens (tertiary/aromatic N) is 1. The van der Waals surface area contributed by atoms with Gasteiger partial charge in [0.1, 0.15) is 16.4 Å². The van der Waals surface area contributed by atoms with Gasteiger partial charge in [0.25, 0.3) is 5.56 Å². The summed E-state index contributed by atoms with van der Waals surface area (Å²) in [5.41, 5.74) is 0.880. The standard InChI is InChI=1S/C17H16N2O3S2/c20-16-15-12-8-4-5-9-13(12)23-17(15)19-14(18-16)10-24(21,22)11-6-2-1-3-7-11/h1-3,6-7H,4-5,8-10H2,(H,18,19,20). The molecule has 0 spiro atoms. The van der Waals surface area contributed by atoms with E-state index in [0.717, 1.165) is 31.2 Å². The van der Waals surface area contributed by atoms with Crippen molar-refractivity contribution in [2.75, 3.05) is 0 Å². The van der Waals surface area contributed by atoms with Gasteiger partial charge in [-0.25, -0.2) is 13.4 Å². The molecule has 1 N–H and O–H groups in total. The lowest BCUT2D eigenvalue weighted by atomic mass is 9.97. The van der Waals surface area contributed by atoms with E-state index in [1.54, 1.807) is 30.3 Å². The molecule has 0 amide bonds.